The maximum atomic E-state index is 12.1. The van der Waals surface area contributed by atoms with Crippen LogP contribution in [-0.2, 0) is 18.0 Å². The van der Waals surface area contributed by atoms with Gasteiger partial charge in [0, 0.05) is 17.4 Å². The van der Waals surface area contributed by atoms with Crippen LogP contribution in [0.1, 0.15) is 21.5 Å². The highest BCUT2D eigenvalue weighted by atomic mass is 35.5. The predicted molar refractivity (Wildman–Crippen MR) is 72.1 cm³/mol. The molecule has 0 saturated carbocycles. The van der Waals surface area contributed by atoms with Crippen LogP contribution in [-0.4, -0.2) is 10.9 Å². The lowest BCUT2D eigenvalue weighted by molar-refractivity contribution is 0.102. The quantitative estimate of drug-likeness (QED) is 0.857. The molecule has 0 fully saturated rings. The molecule has 0 bridgehead atoms. The highest BCUT2D eigenvalue weighted by Gasteiger charge is 2.14. The molecule has 0 aliphatic carbocycles. The number of amides is 1. The lowest BCUT2D eigenvalue weighted by Gasteiger charge is -2.06. The maximum absolute atomic E-state index is 12.1. The third-order valence-electron chi connectivity index (χ3n) is 2.97. The van der Waals surface area contributed by atoms with Crippen molar-refractivity contribution >= 4 is 23.2 Å². The van der Waals surface area contributed by atoms with Crippen molar-refractivity contribution in [2.45, 2.75) is 13.2 Å². The lowest BCUT2D eigenvalue weighted by Crippen LogP contribution is -2.12. The molecule has 1 N–H and O–H groups in total. The van der Waals surface area contributed by atoms with Crippen LogP contribution in [0.15, 0.2) is 36.5 Å². The molecule has 2 heterocycles. The smallest absolute Gasteiger partial charge is 0.255 e. The summed E-state index contributed by atoms with van der Waals surface area (Å²) >= 11 is 5.77. The molecule has 96 valence electrons. The molecule has 0 atom stereocenters. The highest BCUT2D eigenvalue weighted by Crippen LogP contribution is 2.21. The Hall–Kier alpha value is -1.91. The van der Waals surface area contributed by atoms with Crippen LogP contribution in [0.4, 0.5) is 5.69 Å². The van der Waals surface area contributed by atoms with Crippen LogP contribution in [0, 0.1) is 0 Å². The monoisotopic (exact) mass is 274 g/mol. The molecule has 3 rings (SSSR count). The van der Waals surface area contributed by atoms with Gasteiger partial charge >= 0.3 is 0 Å². The fourth-order valence-corrected chi connectivity index (χ4v) is 2.17. The summed E-state index contributed by atoms with van der Waals surface area (Å²) in [5.41, 5.74) is 3.45. The van der Waals surface area contributed by atoms with Crippen LogP contribution < -0.4 is 5.32 Å². The SMILES string of the molecule is O=C(Nc1ccnc(Cl)c1)c1ccc2c(c1)COC2. The Morgan fingerprint density at radius 3 is 2.89 bits per heavy atom. The van der Waals surface area contributed by atoms with Gasteiger partial charge in [0.15, 0.2) is 0 Å². The summed E-state index contributed by atoms with van der Waals surface area (Å²) in [7, 11) is 0. The van der Waals surface area contributed by atoms with Gasteiger partial charge in [-0.1, -0.05) is 17.7 Å². The van der Waals surface area contributed by atoms with Crippen molar-refractivity contribution in [3.05, 3.63) is 58.4 Å². The number of ether oxygens (including phenoxy) is 1. The van der Waals surface area contributed by atoms with Gasteiger partial charge in [0.1, 0.15) is 5.15 Å². The largest absolute Gasteiger partial charge is 0.372 e. The first-order valence-corrected chi connectivity index (χ1v) is 6.22. The van der Waals surface area contributed by atoms with Crippen molar-refractivity contribution in [3.63, 3.8) is 0 Å². The Balaban J connectivity index is 1.81. The molecule has 1 aliphatic rings. The minimum absolute atomic E-state index is 0.169. The second-order valence-corrected chi connectivity index (χ2v) is 4.68. The summed E-state index contributed by atoms with van der Waals surface area (Å²) in [4.78, 5) is 16.0. The summed E-state index contributed by atoms with van der Waals surface area (Å²) in [6.07, 6.45) is 1.55. The van der Waals surface area contributed by atoms with Crippen molar-refractivity contribution in [2.24, 2.45) is 0 Å². The zero-order valence-electron chi connectivity index (χ0n) is 10.0. The van der Waals surface area contributed by atoms with Gasteiger partial charge in [-0.3, -0.25) is 4.79 Å². The molecule has 1 amide bonds. The molecule has 5 heteroatoms. The van der Waals surface area contributed by atoms with E-state index in [1.807, 2.05) is 12.1 Å². The normalized spacial score (nSPS) is 13.1. The first kappa shape index (κ1) is 12.1. The Morgan fingerprint density at radius 1 is 1.21 bits per heavy atom. The number of halogens is 1. The van der Waals surface area contributed by atoms with E-state index in [9.17, 15) is 4.79 Å². The van der Waals surface area contributed by atoms with Crippen LogP contribution in [0.2, 0.25) is 5.15 Å². The van der Waals surface area contributed by atoms with E-state index < -0.39 is 0 Å². The van der Waals surface area contributed by atoms with E-state index in [0.717, 1.165) is 11.1 Å². The maximum Gasteiger partial charge on any atom is 0.255 e. The molecule has 1 aromatic heterocycles. The second-order valence-electron chi connectivity index (χ2n) is 4.30. The predicted octanol–water partition coefficient (Wildman–Crippen LogP) is 3.02. The van der Waals surface area contributed by atoms with Crippen LogP contribution in [0.5, 0.6) is 0 Å². The number of nitrogens with zero attached hydrogens (tertiary/aromatic N) is 1. The van der Waals surface area contributed by atoms with E-state index in [1.165, 1.54) is 0 Å². The standard InChI is InChI=1S/C14H11ClN2O2/c15-13-6-12(3-4-16-13)17-14(18)9-1-2-10-7-19-8-11(10)5-9/h1-6H,7-8H2,(H,16,17,18). The fraction of sp³-hybridized carbons (Fsp3) is 0.143. The first-order valence-electron chi connectivity index (χ1n) is 5.85. The Morgan fingerprint density at radius 2 is 2.05 bits per heavy atom. The van der Waals surface area contributed by atoms with Crippen LogP contribution in [0.25, 0.3) is 0 Å². The van der Waals surface area contributed by atoms with Gasteiger partial charge in [-0.2, -0.15) is 0 Å². The zero-order valence-corrected chi connectivity index (χ0v) is 10.8. The van der Waals surface area contributed by atoms with E-state index >= 15 is 0 Å². The van der Waals surface area contributed by atoms with Gasteiger partial charge in [0.2, 0.25) is 0 Å². The van der Waals surface area contributed by atoms with Crippen molar-refractivity contribution in [1.29, 1.82) is 0 Å². The summed E-state index contributed by atoms with van der Waals surface area (Å²) in [6.45, 7) is 1.19. The molecule has 0 saturated heterocycles. The summed E-state index contributed by atoms with van der Waals surface area (Å²) in [5.74, 6) is -0.169. The van der Waals surface area contributed by atoms with Gasteiger partial charge < -0.3 is 10.1 Å². The van der Waals surface area contributed by atoms with E-state index in [4.69, 9.17) is 16.3 Å². The Bertz CT molecular complexity index is 643. The van der Waals surface area contributed by atoms with Gasteiger partial charge in [-0.25, -0.2) is 4.98 Å². The number of aromatic nitrogens is 1. The molecule has 2 aromatic rings. The topological polar surface area (TPSA) is 51.2 Å². The number of benzene rings is 1. The molecule has 0 unspecified atom stereocenters. The number of pyridine rings is 1. The number of carbonyl (C=O) groups is 1. The fourth-order valence-electron chi connectivity index (χ4n) is 2.00. The van der Waals surface area contributed by atoms with Crippen LogP contribution >= 0.6 is 11.6 Å². The number of nitrogens with one attached hydrogen (secondary N) is 1. The number of fused-ring (bicyclic) bond motifs is 1. The van der Waals surface area contributed by atoms with Crippen molar-refractivity contribution in [3.8, 4) is 0 Å². The molecular weight excluding hydrogens is 264 g/mol. The number of carbonyl (C=O) groups excluding carboxylic acids is 1. The Labute approximate surface area is 115 Å². The van der Waals surface area contributed by atoms with Gasteiger partial charge in [0.05, 0.1) is 13.2 Å². The van der Waals surface area contributed by atoms with E-state index in [-0.39, 0.29) is 5.91 Å². The molecular formula is C14H11ClN2O2. The minimum Gasteiger partial charge on any atom is -0.372 e. The van der Waals surface area contributed by atoms with E-state index in [2.05, 4.69) is 10.3 Å². The zero-order chi connectivity index (χ0) is 13.2. The van der Waals surface area contributed by atoms with Crippen molar-refractivity contribution in [1.82, 2.24) is 4.98 Å². The summed E-state index contributed by atoms with van der Waals surface area (Å²) < 4.78 is 5.33. The van der Waals surface area contributed by atoms with Crippen LogP contribution in [0.3, 0.4) is 0 Å². The number of hydrogen-bond acceptors (Lipinski definition) is 3. The lowest BCUT2D eigenvalue weighted by atomic mass is 10.1. The molecule has 1 aliphatic heterocycles. The summed E-state index contributed by atoms with van der Waals surface area (Å²) in [6, 6.07) is 8.89. The molecule has 0 spiro atoms. The second kappa shape index (κ2) is 4.99. The number of hydrogen-bond donors (Lipinski definition) is 1. The third-order valence-corrected chi connectivity index (χ3v) is 3.17. The molecule has 1 aromatic carbocycles. The molecule has 4 nitrogen and oxygen atoms in total. The van der Waals surface area contributed by atoms with Crippen molar-refractivity contribution < 1.29 is 9.53 Å². The van der Waals surface area contributed by atoms with Gasteiger partial charge in [-0.15, -0.1) is 0 Å². The van der Waals surface area contributed by atoms with Gasteiger partial charge in [0.25, 0.3) is 5.91 Å². The minimum atomic E-state index is -0.169. The molecule has 19 heavy (non-hydrogen) atoms. The third kappa shape index (κ3) is 2.59. The highest BCUT2D eigenvalue weighted by molar-refractivity contribution is 6.29. The first-order chi connectivity index (χ1) is 9.22. The Kier molecular flexibility index (Phi) is 3.19. The average Bonchev–Trinajstić information content (AvgIpc) is 2.85. The van der Waals surface area contributed by atoms with E-state index in [1.54, 1.807) is 24.4 Å². The van der Waals surface area contributed by atoms with Gasteiger partial charge in [-0.05, 0) is 35.4 Å². The summed E-state index contributed by atoms with van der Waals surface area (Å²) in [5, 5.41) is 3.13. The number of anilines is 1. The molecule has 0 radical (unpaired) electrons. The van der Waals surface area contributed by atoms with Crippen molar-refractivity contribution in [2.75, 3.05) is 5.32 Å². The average molecular weight is 275 g/mol. The number of rotatable bonds is 2. The van der Waals surface area contributed by atoms with E-state index in [0.29, 0.717) is 29.6 Å².